The van der Waals surface area contributed by atoms with Gasteiger partial charge in [0.05, 0.1) is 18.5 Å². The Morgan fingerprint density at radius 2 is 1.93 bits per heavy atom. The molecule has 1 saturated carbocycles. The molecule has 224 valence electrons. The number of thioether (sulfide) groups is 1. The summed E-state index contributed by atoms with van der Waals surface area (Å²) in [6, 6.07) is 12.9. The Hall–Kier alpha value is -2.72. The second-order valence-electron chi connectivity index (χ2n) is 10.8. The summed E-state index contributed by atoms with van der Waals surface area (Å²) >= 11 is 1.58. The van der Waals surface area contributed by atoms with Crippen LogP contribution >= 0.6 is 11.8 Å². The summed E-state index contributed by atoms with van der Waals surface area (Å²) in [5.74, 6) is 5.90. The number of hydrogen-bond acceptors (Lipinski definition) is 8. The van der Waals surface area contributed by atoms with E-state index in [0.717, 1.165) is 40.8 Å². The van der Waals surface area contributed by atoms with E-state index in [0.29, 0.717) is 30.3 Å². The molecule has 0 saturated heterocycles. The minimum atomic E-state index is -1.15. The monoisotopic (exact) mass is 582 g/mol. The minimum Gasteiger partial charge on any atom is -0.480 e. The molecule has 1 aliphatic rings. The van der Waals surface area contributed by atoms with E-state index in [4.69, 9.17) is 10.6 Å². The first-order chi connectivity index (χ1) is 19.9. The normalized spacial score (nSPS) is 17.0. The molecule has 2 aromatic carbocycles. The molecule has 0 spiro atoms. The predicted molar refractivity (Wildman–Crippen MR) is 170 cm³/mol. The smallest absolute Gasteiger partial charge is 0.320 e. The first-order valence-electron chi connectivity index (χ1n) is 14.5. The number of ether oxygens (including phenoxy) is 1. The van der Waals surface area contributed by atoms with Crippen LogP contribution in [0.3, 0.4) is 0 Å². The van der Waals surface area contributed by atoms with E-state index in [1.54, 1.807) is 25.0 Å². The van der Waals surface area contributed by atoms with Gasteiger partial charge in [0.25, 0.3) is 0 Å². The van der Waals surface area contributed by atoms with E-state index in [9.17, 15) is 15.0 Å². The molecule has 8 nitrogen and oxygen atoms in total. The second-order valence-corrected chi connectivity index (χ2v) is 11.8. The Bertz CT molecular complexity index is 1170. The zero-order valence-electron chi connectivity index (χ0n) is 24.6. The Labute approximate surface area is 248 Å². The van der Waals surface area contributed by atoms with E-state index >= 15 is 0 Å². The van der Waals surface area contributed by atoms with E-state index in [-0.39, 0.29) is 6.10 Å². The number of carboxylic acid groups (broad SMARTS) is 1. The molecule has 1 fully saturated rings. The van der Waals surface area contributed by atoms with Gasteiger partial charge in [-0.1, -0.05) is 68.5 Å². The van der Waals surface area contributed by atoms with Gasteiger partial charge >= 0.3 is 5.97 Å². The van der Waals surface area contributed by atoms with Gasteiger partial charge in [0.15, 0.2) is 0 Å². The van der Waals surface area contributed by atoms with Gasteiger partial charge in [0.2, 0.25) is 0 Å². The van der Waals surface area contributed by atoms with Crippen molar-refractivity contribution in [2.75, 3.05) is 19.1 Å². The van der Waals surface area contributed by atoms with Crippen LogP contribution in [-0.4, -0.2) is 59.3 Å². The van der Waals surface area contributed by atoms with Gasteiger partial charge < -0.3 is 20.8 Å². The van der Waals surface area contributed by atoms with Crippen molar-refractivity contribution in [1.29, 1.82) is 0 Å². The van der Waals surface area contributed by atoms with Gasteiger partial charge in [-0.2, -0.15) is 16.9 Å². The third-order valence-corrected chi connectivity index (χ3v) is 8.57. The molecule has 0 aromatic heterocycles. The molecular weight excluding hydrogens is 536 g/mol. The minimum absolute atomic E-state index is 0.226. The Kier molecular flexibility index (Phi) is 13.8. The van der Waals surface area contributed by atoms with Crippen LogP contribution in [0.15, 0.2) is 52.6 Å². The fourth-order valence-corrected chi connectivity index (χ4v) is 6.04. The highest BCUT2D eigenvalue weighted by Gasteiger charge is 2.24. The van der Waals surface area contributed by atoms with Crippen LogP contribution in [0.25, 0.3) is 11.1 Å². The fourth-order valence-electron chi connectivity index (χ4n) is 5.57. The van der Waals surface area contributed by atoms with E-state index < -0.39 is 18.2 Å². The zero-order chi connectivity index (χ0) is 29.6. The van der Waals surface area contributed by atoms with Crippen LogP contribution < -0.4 is 11.2 Å². The first kappa shape index (κ1) is 32.8. The number of nitrogens with two attached hydrogens (primary N) is 1. The Morgan fingerprint density at radius 3 is 2.59 bits per heavy atom. The first-order valence-corrected chi connectivity index (χ1v) is 15.9. The summed E-state index contributed by atoms with van der Waals surface area (Å²) in [6.45, 7) is 2.37. The summed E-state index contributed by atoms with van der Waals surface area (Å²) in [7, 11) is 1.73. The highest BCUT2D eigenvalue weighted by molar-refractivity contribution is 7.98. The lowest BCUT2D eigenvalue weighted by Gasteiger charge is -2.25. The molecule has 2 unspecified atom stereocenters. The van der Waals surface area contributed by atoms with Gasteiger partial charge in [-0.25, -0.2) is 0 Å². The third-order valence-electron chi connectivity index (χ3n) is 7.92. The number of hydrazone groups is 1. The number of carboxylic acids is 1. The number of nitrogens with zero attached hydrogens (tertiary/aromatic N) is 2. The number of carbonyl (C=O) groups is 1. The number of benzene rings is 2. The number of aryl methyl sites for hydroxylation is 1. The van der Waals surface area contributed by atoms with Gasteiger partial charge in [0.1, 0.15) is 18.4 Å². The molecule has 5 N–H and O–H groups in total. The van der Waals surface area contributed by atoms with E-state index in [1.807, 2.05) is 55.6 Å². The lowest BCUT2D eigenvalue weighted by molar-refractivity contribution is -0.140. The largest absolute Gasteiger partial charge is 0.480 e. The maximum Gasteiger partial charge on any atom is 0.320 e. The number of aliphatic imine (C=N–C) groups is 1. The number of aliphatic hydroxyl groups is 1. The van der Waals surface area contributed by atoms with E-state index in [2.05, 4.69) is 15.4 Å². The highest BCUT2D eigenvalue weighted by atomic mass is 32.2. The molecule has 0 radical (unpaired) electrons. The van der Waals surface area contributed by atoms with Gasteiger partial charge in [-0.05, 0) is 72.4 Å². The summed E-state index contributed by atoms with van der Waals surface area (Å²) in [4.78, 5) is 16.2. The Balaban J connectivity index is 1.85. The van der Waals surface area contributed by atoms with Crippen molar-refractivity contribution in [3.63, 3.8) is 0 Å². The second kappa shape index (κ2) is 17.3. The van der Waals surface area contributed by atoms with E-state index in [1.165, 1.54) is 32.1 Å². The number of rotatable bonds is 16. The fraction of sp³-hybridized carbons (Fsp3) is 0.531. The topological polar surface area (TPSA) is 130 Å². The van der Waals surface area contributed by atoms with Crippen molar-refractivity contribution in [2.45, 2.75) is 83.3 Å². The molecule has 3 atom stereocenters. The van der Waals surface area contributed by atoms with Crippen molar-refractivity contribution >= 4 is 29.7 Å². The molecule has 0 amide bonds. The maximum atomic E-state index is 11.8. The standard InChI is InChI=1S/C32H46N4O4S/c1-22-9-7-8-12-25(22)27-19-24(13-15-26(27)31(37)36-28(32(38)39)17-18-41-3)21-40-30(29(34-2)20-35-33)16-14-23-10-5-4-6-11-23/h7-9,12-13,15,19-20,23,28,30-31,36-37H,4-6,10-11,14,16-18,21,33H2,1-3H3,(H,38,39)/t28-,30?,31?/m0/s1. The summed E-state index contributed by atoms with van der Waals surface area (Å²) in [6.07, 6.45) is 10.9. The lowest BCUT2D eigenvalue weighted by Crippen LogP contribution is -2.39. The quantitative estimate of drug-likeness (QED) is 0.0863. The number of aliphatic hydroxyl groups excluding tert-OH is 1. The van der Waals surface area contributed by atoms with Gasteiger partial charge in [0, 0.05) is 12.6 Å². The van der Waals surface area contributed by atoms with Crippen molar-refractivity contribution < 1.29 is 19.7 Å². The SMILES string of the molecule is CN=C(C=NN)C(CCC1CCCCC1)OCc1ccc(C(O)N[C@@H](CCSC)C(=O)O)c(-c2ccccc2C)c1. The van der Waals surface area contributed by atoms with Crippen molar-refractivity contribution in [1.82, 2.24) is 5.32 Å². The van der Waals surface area contributed by atoms with Gasteiger partial charge in [-0.3, -0.25) is 15.1 Å². The van der Waals surface area contributed by atoms with Crippen LogP contribution in [0.4, 0.5) is 0 Å². The average Bonchev–Trinajstić information content (AvgIpc) is 2.98. The van der Waals surface area contributed by atoms with Crippen molar-refractivity contribution in [3.8, 4) is 11.1 Å². The van der Waals surface area contributed by atoms with Crippen LogP contribution in [0, 0.1) is 12.8 Å². The van der Waals surface area contributed by atoms with Crippen molar-refractivity contribution in [3.05, 3.63) is 59.2 Å². The molecule has 0 aliphatic heterocycles. The number of nitrogens with one attached hydrogen (secondary N) is 1. The molecule has 2 aromatic rings. The van der Waals surface area contributed by atoms with Gasteiger partial charge in [-0.15, -0.1) is 0 Å². The molecule has 9 heteroatoms. The van der Waals surface area contributed by atoms with Crippen LogP contribution in [0.2, 0.25) is 0 Å². The molecule has 41 heavy (non-hydrogen) atoms. The molecule has 0 bridgehead atoms. The number of hydrogen-bond donors (Lipinski definition) is 4. The molecule has 0 heterocycles. The van der Waals surface area contributed by atoms with Crippen molar-refractivity contribution in [2.24, 2.45) is 21.9 Å². The summed E-state index contributed by atoms with van der Waals surface area (Å²) in [5, 5.41) is 27.5. The highest BCUT2D eigenvalue weighted by Crippen LogP contribution is 2.32. The molecule has 1 aliphatic carbocycles. The zero-order valence-corrected chi connectivity index (χ0v) is 25.4. The lowest BCUT2D eigenvalue weighted by atomic mass is 9.85. The molecular formula is C32H46N4O4S. The average molecular weight is 583 g/mol. The maximum absolute atomic E-state index is 11.8. The third kappa shape index (κ3) is 9.95. The number of aliphatic carboxylic acids is 1. The predicted octanol–water partition coefficient (Wildman–Crippen LogP) is 5.71. The summed E-state index contributed by atoms with van der Waals surface area (Å²) < 4.78 is 6.45. The van der Waals surface area contributed by atoms with Crippen LogP contribution in [0.5, 0.6) is 0 Å². The van der Waals surface area contributed by atoms with Crippen LogP contribution in [-0.2, 0) is 16.1 Å². The van der Waals surface area contributed by atoms with Crippen LogP contribution in [0.1, 0.15) is 74.3 Å². The summed E-state index contributed by atoms with van der Waals surface area (Å²) in [5.41, 5.74) is 5.16. The Morgan fingerprint density at radius 1 is 1.17 bits per heavy atom. The molecule has 3 rings (SSSR count).